The van der Waals surface area contributed by atoms with E-state index in [-0.39, 0.29) is 11.8 Å². The maximum Gasteiger partial charge on any atom is 0.255 e. The van der Waals surface area contributed by atoms with Crippen molar-refractivity contribution in [3.05, 3.63) is 101 Å². The first kappa shape index (κ1) is 24.0. The molecular weight excluding hydrogens is 489 g/mol. The predicted octanol–water partition coefficient (Wildman–Crippen LogP) is 5.39. The smallest absolute Gasteiger partial charge is 0.255 e. The lowest BCUT2D eigenvalue weighted by molar-refractivity contribution is 0.0769. The molecule has 36 heavy (non-hydrogen) atoms. The minimum atomic E-state index is -2.47. The van der Waals surface area contributed by atoms with Gasteiger partial charge in [-0.3, -0.25) is 9.59 Å². The van der Waals surface area contributed by atoms with Gasteiger partial charge in [-0.1, -0.05) is 42.5 Å². The average molecular weight is 516 g/mol. The van der Waals surface area contributed by atoms with Crippen LogP contribution in [-0.2, 0) is 4.57 Å². The van der Waals surface area contributed by atoms with E-state index in [1.54, 1.807) is 46.6 Å². The molecule has 0 radical (unpaired) electrons. The molecule has 8 heteroatoms. The molecule has 0 spiro atoms. The molecule has 2 amide bonds. The lowest BCUT2D eigenvalue weighted by atomic mass is 10.1. The molecule has 0 saturated carbocycles. The molecule has 0 bridgehead atoms. The number of hydrogen-bond acceptors (Lipinski definition) is 5. The van der Waals surface area contributed by atoms with Crippen molar-refractivity contribution in [2.75, 3.05) is 36.5 Å². The highest BCUT2D eigenvalue weighted by atomic mass is 32.1. The first-order chi connectivity index (χ1) is 17.4. The Balaban J connectivity index is 1.23. The van der Waals surface area contributed by atoms with E-state index >= 15 is 0 Å². The monoisotopic (exact) mass is 515 g/mol. The van der Waals surface area contributed by atoms with Crippen molar-refractivity contribution >= 4 is 47.0 Å². The third-order valence-electron chi connectivity index (χ3n) is 6.48. The number of rotatable bonds is 5. The Morgan fingerprint density at radius 1 is 0.861 bits per heavy atom. The average Bonchev–Trinajstić information content (AvgIpc) is 3.46. The molecule has 4 aromatic rings. The molecule has 1 saturated heterocycles. The fraction of sp³-hybridized carbons (Fsp3) is 0.143. The maximum atomic E-state index is 13.3. The second-order valence-electron chi connectivity index (χ2n) is 8.78. The minimum absolute atomic E-state index is 0.117. The lowest BCUT2D eigenvalue weighted by Gasteiger charge is -2.32. The topological polar surface area (TPSA) is 92.5 Å². The molecule has 1 aromatic heterocycles. The number of nitrogens with two attached hydrogens (primary N) is 1. The van der Waals surface area contributed by atoms with Crippen LogP contribution in [0.1, 0.15) is 20.7 Å². The van der Waals surface area contributed by atoms with Crippen molar-refractivity contribution in [2.24, 2.45) is 0 Å². The molecule has 2 heterocycles. The van der Waals surface area contributed by atoms with Gasteiger partial charge in [0.2, 0.25) is 0 Å². The molecule has 0 unspecified atom stereocenters. The van der Waals surface area contributed by atoms with Gasteiger partial charge in [-0.2, -0.15) is 0 Å². The summed E-state index contributed by atoms with van der Waals surface area (Å²) in [6, 6.07) is 25.7. The zero-order chi connectivity index (χ0) is 25.1. The Kier molecular flexibility index (Phi) is 6.77. The largest absolute Gasteiger partial charge is 0.397 e. The SMILES string of the molecule is Nc1ccc(-c2cccs2)cc1NC(=O)c1ccc(C(=O)N2CCP(=O)(c3ccccc3)CC2)cc1. The summed E-state index contributed by atoms with van der Waals surface area (Å²) in [6.07, 6.45) is 0.963. The first-order valence-corrected chi connectivity index (χ1v) is 14.7. The Morgan fingerprint density at radius 3 is 2.22 bits per heavy atom. The van der Waals surface area contributed by atoms with Gasteiger partial charge in [0, 0.05) is 46.7 Å². The molecule has 0 aliphatic carbocycles. The van der Waals surface area contributed by atoms with Crippen molar-refractivity contribution in [1.29, 1.82) is 0 Å². The summed E-state index contributed by atoms with van der Waals surface area (Å²) >= 11 is 1.62. The fourth-order valence-electron chi connectivity index (χ4n) is 4.35. The van der Waals surface area contributed by atoms with Gasteiger partial charge in [0.1, 0.15) is 7.14 Å². The van der Waals surface area contributed by atoms with E-state index < -0.39 is 7.14 Å². The third kappa shape index (κ3) is 4.99. The number of benzene rings is 3. The van der Waals surface area contributed by atoms with Crippen molar-refractivity contribution in [2.45, 2.75) is 0 Å². The number of hydrogen-bond donors (Lipinski definition) is 2. The van der Waals surface area contributed by atoms with Crippen LogP contribution in [0.5, 0.6) is 0 Å². The van der Waals surface area contributed by atoms with E-state index in [2.05, 4.69) is 5.32 Å². The van der Waals surface area contributed by atoms with Gasteiger partial charge in [0.15, 0.2) is 0 Å². The molecular formula is C28H26N3O3PS. The first-order valence-electron chi connectivity index (χ1n) is 11.7. The number of anilines is 2. The van der Waals surface area contributed by atoms with Gasteiger partial charge in [0.05, 0.1) is 11.4 Å². The summed E-state index contributed by atoms with van der Waals surface area (Å²) in [6.45, 7) is 0.903. The van der Waals surface area contributed by atoms with Gasteiger partial charge in [-0.15, -0.1) is 11.3 Å². The highest BCUT2D eigenvalue weighted by molar-refractivity contribution is 7.71. The van der Waals surface area contributed by atoms with Crippen molar-refractivity contribution in [3.63, 3.8) is 0 Å². The maximum absolute atomic E-state index is 13.3. The Bertz CT molecular complexity index is 1420. The van der Waals surface area contributed by atoms with E-state index in [1.807, 2.05) is 60.0 Å². The molecule has 1 fully saturated rings. The summed E-state index contributed by atoms with van der Waals surface area (Å²) < 4.78 is 13.3. The van der Waals surface area contributed by atoms with Crippen LogP contribution in [0.3, 0.4) is 0 Å². The van der Waals surface area contributed by atoms with Crippen LogP contribution in [0.2, 0.25) is 0 Å². The summed E-state index contributed by atoms with van der Waals surface area (Å²) in [7, 11) is -2.47. The molecule has 6 nitrogen and oxygen atoms in total. The minimum Gasteiger partial charge on any atom is -0.397 e. The van der Waals surface area contributed by atoms with E-state index in [9.17, 15) is 14.2 Å². The Labute approximate surface area is 214 Å². The molecule has 0 atom stereocenters. The second kappa shape index (κ2) is 10.1. The van der Waals surface area contributed by atoms with E-state index in [0.717, 1.165) is 15.7 Å². The van der Waals surface area contributed by atoms with Gasteiger partial charge >= 0.3 is 0 Å². The molecule has 5 rings (SSSR count). The van der Waals surface area contributed by atoms with E-state index in [0.29, 0.717) is 47.9 Å². The van der Waals surface area contributed by atoms with Crippen LogP contribution < -0.4 is 16.4 Å². The Hall–Kier alpha value is -3.67. The Morgan fingerprint density at radius 2 is 1.56 bits per heavy atom. The number of nitrogen functional groups attached to an aromatic ring is 1. The third-order valence-corrected chi connectivity index (χ3v) is 10.5. The number of amides is 2. The van der Waals surface area contributed by atoms with Crippen LogP contribution in [-0.4, -0.2) is 42.1 Å². The zero-order valence-electron chi connectivity index (χ0n) is 19.6. The fourth-order valence-corrected chi connectivity index (χ4v) is 7.66. The number of carbonyl (C=O) groups excluding carboxylic acids is 2. The van der Waals surface area contributed by atoms with Crippen molar-refractivity contribution in [1.82, 2.24) is 4.90 Å². The summed E-state index contributed by atoms with van der Waals surface area (Å²) in [5.41, 5.74) is 9.03. The zero-order valence-corrected chi connectivity index (χ0v) is 21.3. The number of carbonyl (C=O) groups is 2. The van der Waals surface area contributed by atoms with Crippen LogP contribution in [0.25, 0.3) is 10.4 Å². The van der Waals surface area contributed by atoms with Gasteiger partial charge < -0.3 is 20.5 Å². The normalized spacial score (nSPS) is 14.8. The molecule has 182 valence electrons. The van der Waals surface area contributed by atoms with Crippen LogP contribution in [0, 0.1) is 0 Å². The standard InChI is InChI=1S/C28H26N3O3PS/c29-24-13-12-22(26-7-4-18-36-26)19-25(24)30-27(32)20-8-10-21(11-9-20)28(33)31-14-16-35(34,17-15-31)23-5-2-1-3-6-23/h1-13,18-19H,14-17,29H2,(H,30,32). The highest BCUT2D eigenvalue weighted by Gasteiger charge is 2.32. The molecule has 3 N–H and O–H groups in total. The predicted molar refractivity (Wildman–Crippen MR) is 148 cm³/mol. The molecule has 1 aliphatic rings. The van der Waals surface area contributed by atoms with Crippen LogP contribution >= 0.6 is 18.5 Å². The van der Waals surface area contributed by atoms with Gasteiger partial charge in [-0.25, -0.2) is 0 Å². The number of nitrogens with zero attached hydrogens (tertiary/aromatic N) is 1. The molecule has 1 aliphatic heterocycles. The van der Waals surface area contributed by atoms with Crippen molar-refractivity contribution < 1.29 is 14.2 Å². The van der Waals surface area contributed by atoms with Crippen LogP contribution in [0.4, 0.5) is 11.4 Å². The second-order valence-corrected chi connectivity index (χ2v) is 12.9. The summed E-state index contributed by atoms with van der Waals surface area (Å²) in [5.74, 6) is -0.417. The summed E-state index contributed by atoms with van der Waals surface area (Å²) in [5, 5.41) is 5.76. The van der Waals surface area contributed by atoms with Gasteiger partial charge in [-0.05, 0) is 53.4 Å². The molecule has 3 aromatic carbocycles. The summed E-state index contributed by atoms with van der Waals surface area (Å²) in [4.78, 5) is 28.7. The highest BCUT2D eigenvalue weighted by Crippen LogP contribution is 2.46. The van der Waals surface area contributed by atoms with E-state index in [1.165, 1.54) is 0 Å². The van der Waals surface area contributed by atoms with Crippen LogP contribution in [0.15, 0.2) is 90.3 Å². The number of nitrogens with one attached hydrogen (secondary N) is 1. The lowest BCUT2D eigenvalue weighted by Crippen LogP contribution is -2.41. The van der Waals surface area contributed by atoms with Crippen molar-refractivity contribution in [3.8, 4) is 10.4 Å². The van der Waals surface area contributed by atoms with E-state index in [4.69, 9.17) is 5.73 Å². The quantitative estimate of drug-likeness (QED) is 0.275. The van der Waals surface area contributed by atoms with Gasteiger partial charge in [0.25, 0.3) is 11.8 Å². The number of thiophene rings is 1.